The number of nitrogens with zero attached hydrogens (tertiary/aromatic N) is 1. The molecule has 0 radical (unpaired) electrons. The first-order valence-corrected chi connectivity index (χ1v) is 9.47. The Kier molecular flexibility index (Phi) is 5.28. The molecular formula is C12H16N2O3S3. The SMILES string of the molecule is CC(NCC(O)CS(=O)(=O)c1cccs1)c1nccs1. The van der Waals surface area contributed by atoms with Crippen LogP contribution >= 0.6 is 22.7 Å². The number of aliphatic hydroxyl groups excluding tert-OH is 1. The maximum atomic E-state index is 12.0. The van der Waals surface area contributed by atoms with Gasteiger partial charge in [0.2, 0.25) is 0 Å². The second kappa shape index (κ2) is 6.77. The van der Waals surface area contributed by atoms with Crippen LogP contribution in [-0.2, 0) is 9.84 Å². The van der Waals surface area contributed by atoms with Crippen LogP contribution in [-0.4, -0.2) is 36.9 Å². The van der Waals surface area contributed by atoms with Crippen molar-refractivity contribution in [2.24, 2.45) is 0 Å². The summed E-state index contributed by atoms with van der Waals surface area (Å²) in [6, 6.07) is 3.24. The lowest BCUT2D eigenvalue weighted by Gasteiger charge is -2.15. The predicted octanol–water partition coefficient (Wildman–Crippen LogP) is 1.69. The molecule has 2 rings (SSSR count). The summed E-state index contributed by atoms with van der Waals surface area (Å²) in [5, 5.41) is 17.5. The lowest BCUT2D eigenvalue weighted by molar-refractivity contribution is 0.189. The average Bonchev–Trinajstić information content (AvgIpc) is 3.07. The van der Waals surface area contributed by atoms with Crippen molar-refractivity contribution in [1.29, 1.82) is 0 Å². The van der Waals surface area contributed by atoms with Gasteiger partial charge in [0, 0.05) is 18.1 Å². The minimum atomic E-state index is -3.40. The van der Waals surface area contributed by atoms with E-state index in [1.54, 1.807) is 23.7 Å². The number of sulfone groups is 1. The average molecular weight is 332 g/mol. The molecule has 0 aliphatic rings. The first-order chi connectivity index (χ1) is 9.49. The number of thiazole rings is 1. The van der Waals surface area contributed by atoms with Gasteiger partial charge in [0.15, 0.2) is 9.84 Å². The summed E-state index contributed by atoms with van der Waals surface area (Å²) < 4.78 is 24.3. The van der Waals surface area contributed by atoms with Gasteiger partial charge in [-0.05, 0) is 18.4 Å². The van der Waals surface area contributed by atoms with Crippen LogP contribution in [0.1, 0.15) is 18.0 Å². The van der Waals surface area contributed by atoms with Crippen molar-refractivity contribution in [2.75, 3.05) is 12.3 Å². The lowest BCUT2D eigenvalue weighted by Crippen LogP contribution is -2.33. The van der Waals surface area contributed by atoms with E-state index in [1.807, 2.05) is 12.3 Å². The number of nitrogens with one attached hydrogen (secondary N) is 1. The molecule has 0 aliphatic carbocycles. The second-order valence-electron chi connectivity index (χ2n) is 4.37. The molecule has 0 bridgehead atoms. The van der Waals surface area contributed by atoms with E-state index in [2.05, 4.69) is 10.3 Å². The topological polar surface area (TPSA) is 79.3 Å². The summed E-state index contributed by atoms with van der Waals surface area (Å²) in [6.07, 6.45) is 0.778. The molecule has 2 heterocycles. The second-order valence-corrected chi connectivity index (χ2v) is 8.50. The summed E-state index contributed by atoms with van der Waals surface area (Å²) in [7, 11) is -3.40. The largest absolute Gasteiger partial charge is 0.391 e. The van der Waals surface area contributed by atoms with E-state index < -0.39 is 15.9 Å². The first kappa shape index (κ1) is 15.6. The summed E-state index contributed by atoms with van der Waals surface area (Å²) in [4.78, 5) is 4.17. The molecule has 0 saturated carbocycles. The van der Waals surface area contributed by atoms with Crippen molar-refractivity contribution in [3.63, 3.8) is 0 Å². The minimum Gasteiger partial charge on any atom is -0.391 e. The summed E-state index contributed by atoms with van der Waals surface area (Å²) in [5.74, 6) is -0.273. The van der Waals surface area contributed by atoms with Gasteiger partial charge in [0.25, 0.3) is 0 Å². The van der Waals surface area contributed by atoms with Crippen LogP contribution < -0.4 is 5.32 Å². The third-order valence-corrected chi connectivity index (χ3v) is 6.94. The van der Waals surface area contributed by atoms with Gasteiger partial charge in [-0.2, -0.15) is 0 Å². The van der Waals surface area contributed by atoms with Crippen LogP contribution in [0.2, 0.25) is 0 Å². The van der Waals surface area contributed by atoms with Gasteiger partial charge >= 0.3 is 0 Å². The van der Waals surface area contributed by atoms with E-state index >= 15 is 0 Å². The Morgan fingerprint density at radius 1 is 1.40 bits per heavy atom. The molecular weight excluding hydrogens is 316 g/mol. The van der Waals surface area contributed by atoms with E-state index in [0.717, 1.165) is 5.01 Å². The van der Waals surface area contributed by atoms with Crippen LogP contribution in [0.5, 0.6) is 0 Å². The highest BCUT2D eigenvalue weighted by atomic mass is 32.2. The van der Waals surface area contributed by atoms with E-state index in [-0.39, 0.29) is 18.3 Å². The molecule has 20 heavy (non-hydrogen) atoms. The maximum absolute atomic E-state index is 12.0. The van der Waals surface area contributed by atoms with Crippen LogP contribution in [0.4, 0.5) is 0 Å². The molecule has 0 aliphatic heterocycles. The van der Waals surface area contributed by atoms with Gasteiger partial charge in [-0.15, -0.1) is 22.7 Å². The normalized spacial score (nSPS) is 15.1. The van der Waals surface area contributed by atoms with Crippen LogP contribution in [0.3, 0.4) is 0 Å². The molecule has 2 aromatic rings. The monoisotopic (exact) mass is 332 g/mol. The smallest absolute Gasteiger partial charge is 0.190 e. The minimum absolute atomic E-state index is 0.00547. The Labute approximate surface area is 126 Å². The van der Waals surface area contributed by atoms with Crippen molar-refractivity contribution in [2.45, 2.75) is 23.3 Å². The van der Waals surface area contributed by atoms with Crippen LogP contribution in [0, 0.1) is 0 Å². The molecule has 0 amide bonds. The molecule has 0 fully saturated rings. The molecule has 2 unspecified atom stereocenters. The van der Waals surface area contributed by atoms with Gasteiger partial charge in [-0.3, -0.25) is 0 Å². The van der Waals surface area contributed by atoms with Gasteiger partial charge in [-0.1, -0.05) is 6.07 Å². The predicted molar refractivity (Wildman–Crippen MR) is 80.9 cm³/mol. The zero-order valence-electron chi connectivity index (χ0n) is 10.9. The van der Waals surface area contributed by atoms with E-state index in [4.69, 9.17) is 0 Å². The molecule has 2 aromatic heterocycles. The van der Waals surface area contributed by atoms with E-state index in [0.29, 0.717) is 4.21 Å². The third-order valence-electron chi connectivity index (χ3n) is 2.69. The van der Waals surface area contributed by atoms with Crippen molar-refractivity contribution in [3.8, 4) is 0 Å². The maximum Gasteiger partial charge on any atom is 0.190 e. The summed E-state index contributed by atoms with van der Waals surface area (Å²) >= 11 is 2.69. The fourth-order valence-electron chi connectivity index (χ4n) is 1.68. The Morgan fingerprint density at radius 3 is 2.80 bits per heavy atom. The first-order valence-electron chi connectivity index (χ1n) is 6.06. The zero-order valence-corrected chi connectivity index (χ0v) is 13.3. The van der Waals surface area contributed by atoms with Gasteiger partial charge in [0.05, 0.1) is 17.9 Å². The lowest BCUT2D eigenvalue weighted by atomic mass is 10.3. The van der Waals surface area contributed by atoms with Crippen LogP contribution in [0.15, 0.2) is 33.3 Å². The number of aromatic nitrogens is 1. The van der Waals surface area contributed by atoms with Crippen molar-refractivity contribution in [1.82, 2.24) is 10.3 Å². The third kappa shape index (κ3) is 4.10. The highest BCUT2D eigenvalue weighted by Crippen LogP contribution is 2.18. The van der Waals surface area contributed by atoms with E-state index in [9.17, 15) is 13.5 Å². The molecule has 2 atom stereocenters. The van der Waals surface area contributed by atoms with E-state index in [1.165, 1.54) is 22.7 Å². The highest BCUT2D eigenvalue weighted by Gasteiger charge is 2.21. The molecule has 0 spiro atoms. The van der Waals surface area contributed by atoms with Gasteiger partial charge in [-0.25, -0.2) is 13.4 Å². The number of aliphatic hydroxyl groups is 1. The molecule has 2 N–H and O–H groups in total. The van der Waals surface area contributed by atoms with Gasteiger partial charge < -0.3 is 10.4 Å². The molecule has 5 nitrogen and oxygen atoms in total. The van der Waals surface area contributed by atoms with Crippen molar-refractivity contribution in [3.05, 3.63) is 34.1 Å². The van der Waals surface area contributed by atoms with Gasteiger partial charge in [0.1, 0.15) is 9.22 Å². The zero-order chi connectivity index (χ0) is 14.6. The molecule has 0 saturated heterocycles. The Hall–Kier alpha value is -0.800. The van der Waals surface area contributed by atoms with Crippen molar-refractivity contribution < 1.29 is 13.5 Å². The standard InChI is InChI=1S/C12H16N2O3S3/c1-9(12-13-4-6-19-12)14-7-10(15)8-20(16,17)11-3-2-5-18-11/h2-6,9-10,14-15H,7-8H2,1H3. The molecule has 8 heteroatoms. The Morgan fingerprint density at radius 2 is 2.20 bits per heavy atom. The van der Waals surface area contributed by atoms with Crippen molar-refractivity contribution >= 4 is 32.5 Å². The quantitative estimate of drug-likeness (QED) is 0.806. The number of hydrogen-bond donors (Lipinski definition) is 2. The fourth-order valence-corrected chi connectivity index (χ4v) is 4.83. The highest BCUT2D eigenvalue weighted by molar-refractivity contribution is 7.93. The molecule has 0 aromatic carbocycles. The number of rotatable bonds is 7. The summed E-state index contributed by atoms with van der Waals surface area (Å²) in [6.45, 7) is 2.14. The van der Waals surface area contributed by atoms with Crippen LogP contribution in [0.25, 0.3) is 0 Å². The molecule has 110 valence electrons. The fraction of sp³-hybridized carbons (Fsp3) is 0.417. The number of thiophene rings is 1. The Balaban J connectivity index is 1.85. The Bertz CT molecular complexity index is 608. The number of hydrogen-bond acceptors (Lipinski definition) is 7. The summed E-state index contributed by atoms with van der Waals surface area (Å²) in [5.41, 5.74) is 0.